The van der Waals surface area contributed by atoms with Crippen LogP contribution in [0, 0.1) is 6.92 Å². The molecule has 1 aliphatic rings. The predicted octanol–water partition coefficient (Wildman–Crippen LogP) is 2.55. The number of carbonyl (C=O) groups excluding carboxylic acids is 2. The standard InChI is InChI=1S/C22H26N2O3/c1-16-8-4-5-10-18(16)13-23(2)15-21(25)24-14-19-11-7-6-9-17(19)12-20(24)22(26)27-3/h4-11,20H,12-15H2,1-3H3. The van der Waals surface area contributed by atoms with E-state index in [0.29, 0.717) is 19.5 Å². The highest BCUT2D eigenvalue weighted by molar-refractivity contribution is 5.86. The Hall–Kier alpha value is -2.66. The average molecular weight is 366 g/mol. The van der Waals surface area contributed by atoms with Crippen LogP contribution in [-0.2, 0) is 33.8 Å². The lowest BCUT2D eigenvalue weighted by atomic mass is 9.94. The number of hydrogen-bond donors (Lipinski definition) is 0. The number of hydrogen-bond acceptors (Lipinski definition) is 4. The second-order valence-corrected chi connectivity index (χ2v) is 7.13. The summed E-state index contributed by atoms with van der Waals surface area (Å²) in [6.45, 7) is 3.45. The summed E-state index contributed by atoms with van der Waals surface area (Å²) in [6.07, 6.45) is 0.496. The molecule has 0 saturated heterocycles. The molecule has 1 unspecified atom stereocenters. The van der Waals surface area contributed by atoms with Crippen molar-refractivity contribution in [1.29, 1.82) is 0 Å². The van der Waals surface area contributed by atoms with Crippen molar-refractivity contribution in [2.75, 3.05) is 20.7 Å². The van der Waals surface area contributed by atoms with Crippen LogP contribution in [0.3, 0.4) is 0 Å². The number of methoxy groups -OCH3 is 1. The first-order valence-electron chi connectivity index (χ1n) is 9.16. The van der Waals surface area contributed by atoms with Crippen molar-refractivity contribution >= 4 is 11.9 Å². The molecule has 0 bridgehead atoms. The molecule has 0 radical (unpaired) electrons. The molecule has 1 amide bonds. The van der Waals surface area contributed by atoms with E-state index < -0.39 is 6.04 Å². The van der Waals surface area contributed by atoms with Gasteiger partial charge >= 0.3 is 5.97 Å². The largest absolute Gasteiger partial charge is 0.467 e. The molecule has 5 nitrogen and oxygen atoms in total. The van der Waals surface area contributed by atoms with Gasteiger partial charge in [-0.15, -0.1) is 0 Å². The van der Waals surface area contributed by atoms with E-state index in [1.807, 2.05) is 48.3 Å². The van der Waals surface area contributed by atoms with Crippen LogP contribution >= 0.6 is 0 Å². The number of esters is 1. The third kappa shape index (κ3) is 4.37. The Labute approximate surface area is 160 Å². The predicted molar refractivity (Wildman–Crippen MR) is 104 cm³/mol. The van der Waals surface area contributed by atoms with E-state index in [-0.39, 0.29) is 18.4 Å². The lowest BCUT2D eigenvalue weighted by Gasteiger charge is -2.36. The molecule has 0 saturated carbocycles. The Balaban J connectivity index is 1.73. The second kappa shape index (κ2) is 8.35. The van der Waals surface area contributed by atoms with Gasteiger partial charge < -0.3 is 9.64 Å². The first kappa shape index (κ1) is 19.1. The van der Waals surface area contributed by atoms with Crippen LogP contribution in [0.2, 0.25) is 0 Å². The van der Waals surface area contributed by atoms with E-state index in [4.69, 9.17) is 4.74 Å². The summed E-state index contributed by atoms with van der Waals surface area (Å²) in [5.41, 5.74) is 4.59. The number of ether oxygens (including phenoxy) is 1. The van der Waals surface area contributed by atoms with Crippen molar-refractivity contribution in [2.45, 2.75) is 32.5 Å². The molecule has 1 heterocycles. The second-order valence-electron chi connectivity index (χ2n) is 7.13. The summed E-state index contributed by atoms with van der Waals surface area (Å²) >= 11 is 0. The number of benzene rings is 2. The normalized spacial score (nSPS) is 16.1. The lowest BCUT2D eigenvalue weighted by Crippen LogP contribution is -2.51. The summed E-state index contributed by atoms with van der Waals surface area (Å²) in [7, 11) is 3.30. The van der Waals surface area contributed by atoms with Gasteiger partial charge in [0.25, 0.3) is 0 Å². The zero-order valence-corrected chi connectivity index (χ0v) is 16.1. The first-order valence-corrected chi connectivity index (χ1v) is 9.16. The fourth-order valence-corrected chi connectivity index (χ4v) is 3.59. The van der Waals surface area contributed by atoms with Gasteiger partial charge in [-0.25, -0.2) is 4.79 Å². The maximum atomic E-state index is 13.0. The number of likely N-dealkylation sites (N-methyl/N-ethyl adjacent to an activating group) is 1. The fraction of sp³-hybridized carbons (Fsp3) is 0.364. The van der Waals surface area contributed by atoms with Crippen molar-refractivity contribution in [3.8, 4) is 0 Å². The molecule has 3 rings (SSSR count). The Morgan fingerprint density at radius 3 is 2.48 bits per heavy atom. The number of aryl methyl sites for hydroxylation is 1. The van der Waals surface area contributed by atoms with E-state index in [9.17, 15) is 9.59 Å². The third-order valence-electron chi connectivity index (χ3n) is 5.15. The molecular formula is C22H26N2O3. The van der Waals surface area contributed by atoms with E-state index in [2.05, 4.69) is 19.1 Å². The molecule has 2 aromatic carbocycles. The minimum absolute atomic E-state index is 0.0593. The monoisotopic (exact) mass is 366 g/mol. The van der Waals surface area contributed by atoms with E-state index >= 15 is 0 Å². The van der Waals surface area contributed by atoms with Crippen LogP contribution < -0.4 is 0 Å². The maximum absolute atomic E-state index is 13.0. The van der Waals surface area contributed by atoms with Crippen molar-refractivity contribution in [1.82, 2.24) is 9.80 Å². The molecule has 0 spiro atoms. The van der Waals surface area contributed by atoms with Crippen molar-refractivity contribution < 1.29 is 14.3 Å². The molecule has 27 heavy (non-hydrogen) atoms. The molecule has 0 N–H and O–H groups in total. The van der Waals surface area contributed by atoms with E-state index in [0.717, 1.165) is 11.1 Å². The molecule has 142 valence electrons. The molecule has 0 fully saturated rings. The van der Waals surface area contributed by atoms with Crippen LogP contribution in [0.4, 0.5) is 0 Å². The van der Waals surface area contributed by atoms with Gasteiger partial charge in [-0.05, 0) is 36.2 Å². The summed E-state index contributed by atoms with van der Waals surface area (Å²) in [6, 6.07) is 15.5. The van der Waals surface area contributed by atoms with Crippen LogP contribution in [0.1, 0.15) is 22.3 Å². The van der Waals surface area contributed by atoms with Gasteiger partial charge in [0.15, 0.2) is 0 Å². The average Bonchev–Trinajstić information content (AvgIpc) is 2.68. The molecule has 1 atom stereocenters. The molecular weight excluding hydrogens is 340 g/mol. The Morgan fingerprint density at radius 2 is 1.78 bits per heavy atom. The molecule has 0 aliphatic carbocycles. The zero-order valence-electron chi connectivity index (χ0n) is 16.1. The molecule has 0 aromatic heterocycles. The number of amides is 1. The van der Waals surface area contributed by atoms with Gasteiger partial charge in [0.1, 0.15) is 6.04 Å². The fourth-order valence-electron chi connectivity index (χ4n) is 3.59. The smallest absolute Gasteiger partial charge is 0.328 e. The highest BCUT2D eigenvalue weighted by Gasteiger charge is 2.35. The van der Waals surface area contributed by atoms with Gasteiger partial charge in [0.2, 0.25) is 5.91 Å². The topological polar surface area (TPSA) is 49.9 Å². The molecule has 1 aliphatic heterocycles. The third-order valence-corrected chi connectivity index (χ3v) is 5.15. The summed E-state index contributed by atoms with van der Waals surface area (Å²) in [5.74, 6) is -0.421. The Bertz CT molecular complexity index is 834. The minimum atomic E-state index is -0.565. The minimum Gasteiger partial charge on any atom is -0.467 e. The summed E-state index contributed by atoms with van der Waals surface area (Å²) in [4.78, 5) is 28.9. The van der Waals surface area contributed by atoms with Crippen LogP contribution in [0.5, 0.6) is 0 Å². The number of rotatable bonds is 5. The molecule has 2 aromatic rings. The van der Waals surface area contributed by atoms with Gasteiger partial charge in [-0.3, -0.25) is 9.69 Å². The van der Waals surface area contributed by atoms with E-state index in [1.54, 1.807) is 4.90 Å². The Kier molecular flexibility index (Phi) is 5.91. The van der Waals surface area contributed by atoms with Gasteiger partial charge in [0.05, 0.1) is 13.7 Å². The van der Waals surface area contributed by atoms with Crippen molar-refractivity contribution in [3.05, 3.63) is 70.8 Å². The van der Waals surface area contributed by atoms with Gasteiger partial charge in [0, 0.05) is 19.5 Å². The van der Waals surface area contributed by atoms with Crippen LogP contribution in [-0.4, -0.2) is 48.4 Å². The first-order chi connectivity index (χ1) is 13.0. The maximum Gasteiger partial charge on any atom is 0.328 e. The summed E-state index contributed by atoms with van der Waals surface area (Å²) < 4.78 is 4.96. The Morgan fingerprint density at radius 1 is 1.11 bits per heavy atom. The van der Waals surface area contributed by atoms with Gasteiger partial charge in [-0.1, -0.05) is 48.5 Å². The summed E-state index contributed by atoms with van der Waals surface area (Å²) in [5, 5.41) is 0. The molecule has 5 heteroatoms. The zero-order chi connectivity index (χ0) is 19.4. The van der Waals surface area contributed by atoms with Crippen molar-refractivity contribution in [3.63, 3.8) is 0 Å². The van der Waals surface area contributed by atoms with Crippen LogP contribution in [0.15, 0.2) is 48.5 Å². The SMILES string of the molecule is COC(=O)C1Cc2ccccc2CN1C(=O)CN(C)Cc1ccccc1C. The van der Waals surface area contributed by atoms with E-state index in [1.165, 1.54) is 18.2 Å². The highest BCUT2D eigenvalue weighted by atomic mass is 16.5. The van der Waals surface area contributed by atoms with Crippen molar-refractivity contribution in [2.24, 2.45) is 0 Å². The quantitative estimate of drug-likeness (QED) is 0.763. The number of nitrogens with zero attached hydrogens (tertiary/aromatic N) is 2. The van der Waals surface area contributed by atoms with Gasteiger partial charge in [-0.2, -0.15) is 0 Å². The number of carbonyl (C=O) groups is 2. The number of fused-ring (bicyclic) bond motifs is 1. The lowest BCUT2D eigenvalue weighted by molar-refractivity contribution is -0.154. The highest BCUT2D eigenvalue weighted by Crippen LogP contribution is 2.24. The van der Waals surface area contributed by atoms with Crippen LogP contribution in [0.25, 0.3) is 0 Å².